The first kappa shape index (κ1) is 21.0. The molecule has 0 saturated carbocycles. The molecule has 4 aromatic rings. The van der Waals surface area contributed by atoms with Gasteiger partial charge in [-0.05, 0) is 47.9 Å². The van der Waals surface area contributed by atoms with Crippen LogP contribution in [-0.2, 0) is 23.8 Å². The fraction of sp³-hybridized carbons (Fsp3) is 0.130. The number of carbonyl (C=O) groups is 1. The summed E-state index contributed by atoms with van der Waals surface area (Å²) in [6.07, 6.45) is 3.71. The summed E-state index contributed by atoms with van der Waals surface area (Å²) < 4.78 is 27.7. The van der Waals surface area contributed by atoms with Crippen molar-refractivity contribution < 1.29 is 13.4 Å². The second kappa shape index (κ2) is 8.21. The van der Waals surface area contributed by atoms with E-state index in [0.717, 1.165) is 5.56 Å². The van der Waals surface area contributed by atoms with Crippen LogP contribution in [0, 0.1) is 5.82 Å². The molecule has 5 rings (SSSR count). The summed E-state index contributed by atoms with van der Waals surface area (Å²) in [5.41, 5.74) is 14.0. The van der Waals surface area contributed by atoms with Crippen LogP contribution in [0.5, 0.6) is 0 Å². The molecule has 1 aliphatic heterocycles. The van der Waals surface area contributed by atoms with E-state index in [4.69, 9.17) is 11.5 Å². The minimum Gasteiger partial charge on any atom is -0.383 e. The number of carbonyl (C=O) groups excluding carboxylic acids is 1. The minimum absolute atomic E-state index is 0.0120. The molecule has 33 heavy (non-hydrogen) atoms. The molecule has 0 bridgehead atoms. The molecule has 10 heteroatoms. The number of nitrogen functional groups attached to an aromatic ring is 2. The van der Waals surface area contributed by atoms with Gasteiger partial charge in [-0.2, -0.15) is 4.98 Å². The third-order valence-electron chi connectivity index (χ3n) is 5.50. The summed E-state index contributed by atoms with van der Waals surface area (Å²) in [4.78, 5) is 27.6. The van der Waals surface area contributed by atoms with Crippen molar-refractivity contribution >= 4 is 45.1 Å². The van der Waals surface area contributed by atoms with E-state index in [9.17, 15) is 13.4 Å². The number of amides is 1. The van der Waals surface area contributed by atoms with E-state index >= 15 is 0 Å². The lowest BCUT2D eigenvalue weighted by molar-refractivity contribution is 0.0984. The number of nitrogens with two attached hydrogens (primary N) is 2. The lowest BCUT2D eigenvalue weighted by Crippen LogP contribution is -2.31. The first-order chi connectivity index (χ1) is 15.9. The quantitative estimate of drug-likeness (QED) is 0.477. The van der Waals surface area contributed by atoms with Crippen LogP contribution in [0.2, 0.25) is 0 Å². The lowest BCUT2D eigenvalue weighted by Gasteiger charge is -2.25. The molecule has 0 saturated heterocycles. The lowest BCUT2D eigenvalue weighted by atomic mass is 10.1. The maximum atomic E-state index is 14.9. The van der Waals surface area contributed by atoms with E-state index in [1.165, 1.54) is 17.2 Å². The number of aromatic nitrogens is 3. The molecule has 0 radical (unpaired) electrons. The van der Waals surface area contributed by atoms with Gasteiger partial charge < -0.3 is 16.4 Å². The second-order valence-corrected chi connectivity index (χ2v) is 9.14. The Bertz CT molecular complexity index is 1430. The summed E-state index contributed by atoms with van der Waals surface area (Å²) in [7, 11) is -1.23. The highest BCUT2D eigenvalue weighted by molar-refractivity contribution is 7.85. The number of halogens is 1. The average molecular weight is 463 g/mol. The van der Waals surface area contributed by atoms with Crippen molar-refractivity contribution in [1.29, 1.82) is 0 Å². The molecule has 1 aliphatic rings. The zero-order valence-electron chi connectivity index (χ0n) is 17.4. The number of fused-ring (bicyclic) bond motifs is 2. The van der Waals surface area contributed by atoms with Crippen LogP contribution >= 0.6 is 0 Å². The number of rotatable bonds is 4. The predicted octanol–water partition coefficient (Wildman–Crippen LogP) is 2.84. The highest BCUT2D eigenvalue weighted by atomic mass is 32.2. The summed E-state index contributed by atoms with van der Waals surface area (Å²) in [6, 6.07) is 11.7. The largest absolute Gasteiger partial charge is 0.383 e. The zero-order valence-corrected chi connectivity index (χ0v) is 18.2. The molecule has 2 aromatic carbocycles. The molecule has 4 N–H and O–H groups in total. The van der Waals surface area contributed by atoms with Gasteiger partial charge in [0.2, 0.25) is 5.95 Å². The average Bonchev–Trinajstić information content (AvgIpc) is 3.18. The topological polar surface area (TPSA) is 128 Å². The van der Waals surface area contributed by atoms with E-state index in [0.29, 0.717) is 33.9 Å². The number of aryl methyl sites for hydroxylation is 1. The Labute approximate surface area is 190 Å². The Morgan fingerprint density at radius 1 is 1.15 bits per heavy atom. The number of hydrogen-bond donors (Lipinski definition) is 2. The van der Waals surface area contributed by atoms with Crippen LogP contribution in [0.4, 0.5) is 21.8 Å². The molecule has 2 aromatic heterocycles. The van der Waals surface area contributed by atoms with Crippen molar-refractivity contribution in [1.82, 2.24) is 15.0 Å². The Balaban J connectivity index is 1.64. The fourth-order valence-corrected chi connectivity index (χ4v) is 5.53. The number of nitrogens with zero attached hydrogens (tertiary/aromatic N) is 4. The smallest absolute Gasteiger partial charge is 0.260 e. The highest BCUT2D eigenvalue weighted by Crippen LogP contribution is 2.35. The Morgan fingerprint density at radius 2 is 2.00 bits per heavy atom. The molecule has 1 atom stereocenters. The van der Waals surface area contributed by atoms with Crippen LogP contribution in [0.1, 0.15) is 21.5 Å². The summed E-state index contributed by atoms with van der Waals surface area (Å²) in [5.74, 6) is -0.586. The molecule has 0 aliphatic carbocycles. The van der Waals surface area contributed by atoms with Gasteiger partial charge >= 0.3 is 0 Å². The van der Waals surface area contributed by atoms with Crippen LogP contribution in [0.3, 0.4) is 0 Å². The molecule has 8 nitrogen and oxygen atoms in total. The second-order valence-electron chi connectivity index (χ2n) is 7.64. The molecule has 0 spiro atoms. The number of pyridine rings is 1. The van der Waals surface area contributed by atoms with E-state index in [1.807, 2.05) is 12.1 Å². The van der Waals surface area contributed by atoms with Gasteiger partial charge in [0, 0.05) is 18.1 Å². The SMILES string of the molecule is Nc1nc(N)c2c(F)cc(CN(C(=O)c3cccnc3)c3cccc4c3S(=O)CC4)cc2n1. The summed E-state index contributed by atoms with van der Waals surface area (Å²) >= 11 is 0. The summed E-state index contributed by atoms with van der Waals surface area (Å²) in [6.45, 7) is 0.0120. The number of benzene rings is 2. The molecule has 0 fully saturated rings. The van der Waals surface area contributed by atoms with Crippen LogP contribution in [-0.4, -0.2) is 30.8 Å². The van der Waals surface area contributed by atoms with Gasteiger partial charge in [-0.1, -0.05) is 12.1 Å². The van der Waals surface area contributed by atoms with Crippen molar-refractivity contribution in [2.75, 3.05) is 22.1 Å². The maximum absolute atomic E-state index is 14.9. The van der Waals surface area contributed by atoms with Crippen molar-refractivity contribution in [3.05, 3.63) is 77.4 Å². The van der Waals surface area contributed by atoms with Gasteiger partial charge in [-0.3, -0.25) is 14.0 Å². The maximum Gasteiger partial charge on any atom is 0.260 e. The molecule has 1 amide bonds. The van der Waals surface area contributed by atoms with Crippen LogP contribution in [0.25, 0.3) is 10.9 Å². The minimum atomic E-state index is -1.23. The fourth-order valence-electron chi connectivity index (χ4n) is 4.05. The van der Waals surface area contributed by atoms with Gasteiger partial charge in [0.25, 0.3) is 5.91 Å². The van der Waals surface area contributed by atoms with Crippen molar-refractivity contribution in [3.8, 4) is 0 Å². The van der Waals surface area contributed by atoms with Gasteiger partial charge in [0.15, 0.2) is 0 Å². The van der Waals surface area contributed by atoms with Crippen LogP contribution in [0.15, 0.2) is 59.8 Å². The number of hydrogen-bond acceptors (Lipinski definition) is 7. The Morgan fingerprint density at radius 3 is 2.79 bits per heavy atom. The monoisotopic (exact) mass is 462 g/mol. The van der Waals surface area contributed by atoms with Gasteiger partial charge in [0.05, 0.1) is 44.4 Å². The van der Waals surface area contributed by atoms with E-state index < -0.39 is 16.6 Å². The third kappa shape index (κ3) is 3.78. The Hall–Kier alpha value is -3.92. The van der Waals surface area contributed by atoms with Crippen molar-refractivity contribution in [3.63, 3.8) is 0 Å². The van der Waals surface area contributed by atoms with E-state index in [-0.39, 0.29) is 35.1 Å². The van der Waals surface area contributed by atoms with E-state index in [1.54, 1.807) is 30.5 Å². The normalized spacial score (nSPS) is 14.9. The zero-order chi connectivity index (χ0) is 23.1. The summed E-state index contributed by atoms with van der Waals surface area (Å²) in [5, 5.41) is 0.0693. The highest BCUT2D eigenvalue weighted by Gasteiger charge is 2.28. The van der Waals surface area contributed by atoms with E-state index in [2.05, 4.69) is 15.0 Å². The molecule has 166 valence electrons. The van der Waals surface area contributed by atoms with Gasteiger partial charge in [-0.15, -0.1) is 0 Å². The predicted molar refractivity (Wildman–Crippen MR) is 124 cm³/mol. The molecule has 1 unspecified atom stereocenters. The first-order valence-corrected chi connectivity index (χ1v) is 11.5. The third-order valence-corrected chi connectivity index (χ3v) is 7.00. The molecule has 3 heterocycles. The Kier molecular flexibility index (Phi) is 5.21. The van der Waals surface area contributed by atoms with Gasteiger partial charge in [0.1, 0.15) is 11.6 Å². The van der Waals surface area contributed by atoms with Crippen molar-refractivity contribution in [2.45, 2.75) is 17.9 Å². The molecular weight excluding hydrogens is 443 g/mol. The van der Waals surface area contributed by atoms with Crippen LogP contribution < -0.4 is 16.4 Å². The standard InChI is InChI=1S/C23H19FN6O2S/c24-16-9-13(10-17-19(16)21(25)29-23(26)28-17)12-30(22(31)15-4-2-7-27-11-15)18-5-1-3-14-6-8-33(32)20(14)18/h1-5,7,9-11H,6,8,12H2,(H4,25,26,28,29). The molecular formula is C23H19FN6O2S. The first-order valence-electron chi connectivity index (χ1n) is 10.2. The van der Waals surface area contributed by atoms with Crippen molar-refractivity contribution in [2.24, 2.45) is 0 Å². The van der Waals surface area contributed by atoms with Gasteiger partial charge in [-0.25, -0.2) is 9.37 Å². The number of anilines is 3.